The maximum atomic E-state index is 12.2. The molecule has 7 heteroatoms. The molecule has 2 aromatic rings. The smallest absolute Gasteiger partial charge is 0.272 e. The standard InChI is InChI=1S/C15H19BrN4O.ClH/c16-11-3-4-13-12(8-11)14(20-19-13)15(21)18-7-5-10-2-1-6-17-9-10;/h3-4,8,10,17H,1-2,5-7,9H2,(H,18,21)(H,19,20);1H. The highest BCUT2D eigenvalue weighted by Gasteiger charge is 2.16. The van der Waals surface area contributed by atoms with E-state index in [1.54, 1.807) is 0 Å². The average molecular weight is 388 g/mol. The van der Waals surface area contributed by atoms with E-state index in [9.17, 15) is 4.79 Å². The zero-order valence-corrected chi connectivity index (χ0v) is 14.6. The minimum atomic E-state index is -0.108. The third-order valence-corrected chi connectivity index (χ3v) is 4.47. The maximum absolute atomic E-state index is 12.2. The molecule has 1 aliphatic heterocycles. The number of nitrogens with one attached hydrogen (secondary N) is 3. The first-order valence-corrected chi connectivity index (χ1v) is 8.16. The Morgan fingerprint density at radius 3 is 3.09 bits per heavy atom. The first-order valence-electron chi connectivity index (χ1n) is 7.36. The van der Waals surface area contributed by atoms with Gasteiger partial charge in [-0.15, -0.1) is 12.4 Å². The number of piperidine rings is 1. The second kappa shape index (κ2) is 7.94. The Labute approximate surface area is 144 Å². The third kappa shape index (κ3) is 4.00. The third-order valence-electron chi connectivity index (χ3n) is 3.98. The fourth-order valence-corrected chi connectivity index (χ4v) is 3.16. The van der Waals surface area contributed by atoms with Crippen molar-refractivity contribution in [1.29, 1.82) is 0 Å². The Morgan fingerprint density at radius 2 is 2.32 bits per heavy atom. The quantitative estimate of drug-likeness (QED) is 0.755. The van der Waals surface area contributed by atoms with Crippen molar-refractivity contribution in [2.75, 3.05) is 19.6 Å². The fourth-order valence-electron chi connectivity index (χ4n) is 2.80. The number of carbonyl (C=O) groups excluding carboxylic acids is 1. The molecule has 2 heterocycles. The highest BCUT2D eigenvalue weighted by molar-refractivity contribution is 9.10. The molecule has 3 N–H and O–H groups in total. The number of aromatic amines is 1. The van der Waals surface area contributed by atoms with Gasteiger partial charge in [0.1, 0.15) is 0 Å². The van der Waals surface area contributed by atoms with Gasteiger partial charge in [-0.25, -0.2) is 0 Å². The van der Waals surface area contributed by atoms with Crippen molar-refractivity contribution in [2.45, 2.75) is 19.3 Å². The number of hydrogen-bond acceptors (Lipinski definition) is 3. The number of aromatic nitrogens is 2. The molecule has 3 rings (SSSR count). The van der Waals surface area contributed by atoms with E-state index in [0.29, 0.717) is 18.2 Å². The van der Waals surface area contributed by atoms with Crippen LogP contribution in [0.2, 0.25) is 0 Å². The zero-order valence-electron chi connectivity index (χ0n) is 12.2. The predicted molar refractivity (Wildman–Crippen MR) is 93.6 cm³/mol. The van der Waals surface area contributed by atoms with Gasteiger partial charge in [-0.2, -0.15) is 5.10 Å². The monoisotopic (exact) mass is 386 g/mol. The molecular formula is C15H20BrClN4O. The highest BCUT2D eigenvalue weighted by Crippen LogP contribution is 2.21. The molecule has 0 radical (unpaired) electrons. The normalized spacial score (nSPS) is 18.0. The van der Waals surface area contributed by atoms with E-state index in [2.05, 4.69) is 36.8 Å². The molecule has 1 fully saturated rings. The Bertz CT molecular complexity index is 640. The topological polar surface area (TPSA) is 69.8 Å². The molecule has 1 amide bonds. The molecule has 1 saturated heterocycles. The summed E-state index contributed by atoms with van der Waals surface area (Å²) in [6, 6.07) is 5.76. The molecule has 1 aliphatic rings. The van der Waals surface area contributed by atoms with E-state index in [1.807, 2.05) is 18.2 Å². The first-order chi connectivity index (χ1) is 10.2. The summed E-state index contributed by atoms with van der Waals surface area (Å²) >= 11 is 3.42. The van der Waals surface area contributed by atoms with E-state index in [-0.39, 0.29) is 18.3 Å². The predicted octanol–water partition coefficient (Wildman–Crippen LogP) is 2.87. The molecule has 1 unspecified atom stereocenters. The number of H-pyrrole nitrogens is 1. The van der Waals surface area contributed by atoms with E-state index >= 15 is 0 Å². The number of rotatable bonds is 4. The van der Waals surface area contributed by atoms with Crippen molar-refractivity contribution in [3.63, 3.8) is 0 Å². The summed E-state index contributed by atoms with van der Waals surface area (Å²) in [7, 11) is 0. The molecule has 0 bridgehead atoms. The van der Waals surface area contributed by atoms with Crippen LogP contribution in [0.5, 0.6) is 0 Å². The van der Waals surface area contributed by atoms with Crippen LogP contribution in [0.15, 0.2) is 22.7 Å². The van der Waals surface area contributed by atoms with Crippen molar-refractivity contribution >= 4 is 45.1 Å². The summed E-state index contributed by atoms with van der Waals surface area (Å²) < 4.78 is 0.943. The van der Waals surface area contributed by atoms with Crippen LogP contribution in [0.25, 0.3) is 10.9 Å². The number of hydrogen-bond donors (Lipinski definition) is 3. The van der Waals surface area contributed by atoms with Crippen LogP contribution in [0, 0.1) is 5.92 Å². The molecule has 5 nitrogen and oxygen atoms in total. The lowest BCUT2D eigenvalue weighted by Crippen LogP contribution is -2.33. The van der Waals surface area contributed by atoms with E-state index in [4.69, 9.17) is 0 Å². The minimum Gasteiger partial charge on any atom is -0.351 e. The summed E-state index contributed by atoms with van der Waals surface area (Å²) in [4.78, 5) is 12.2. The summed E-state index contributed by atoms with van der Waals surface area (Å²) in [6.45, 7) is 2.89. The molecule has 120 valence electrons. The van der Waals surface area contributed by atoms with Gasteiger partial charge < -0.3 is 10.6 Å². The van der Waals surface area contributed by atoms with Crippen LogP contribution in [0.3, 0.4) is 0 Å². The molecule has 1 atom stereocenters. The summed E-state index contributed by atoms with van der Waals surface area (Å²) in [5, 5.41) is 14.2. The molecule has 0 saturated carbocycles. The first kappa shape index (κ1) is 17.2. The van der Waals surface area contributed by atoms with Crippen LogP contribution in [-0.4, -0.2) is 35.7 Å². The van der Waals surface area contributed by atoms with Gasteiger partial charge >= 0.3 is 0 Å². The van der Waals surface area contributed by atoms with Gasteiger partial charge in [0.05, 0.1) is 5.52 Å². The Kier molecular flexibility index (Phi) is 6.23. The van der Waals surface area contributed by atoms with E-state index in [1.165, 1.54) is 12.8 Å². The van der Waals surface area contributed by atoms with Gasteiger partial charge in [-0.1, -0.05) is 15.9 Å². The van der Waals surface area contributed by atoms with Crippen LogP contribution in [0.4, 0.5) is 0 Å². The van der Waals surface area contributed by atoms with Gasteiger partial charge in [0.25, 0.3) is 5.91 Å². The molecule has 0 aliphatic carbocycles. The highest BCUT2D eigenvalue weighted by atomic mass is 79.9. The Hall–Kier alpha value is -1.11. The van der Waals surface area contributed by atoms with Crippen molar-refractivity contribution in [3.05, 3.63) is 28.4 Å². The van der Waals surface area contributed by atoms with Gasteiger partial charge in [0.2, 0.25) is 0 Å². The van der Waals surface area contributed by atoms with Crippen molar-refractivity contribution in [3.8, 4) is 0 Å². The van der Waals surface area contributed by atoms with Gasteiger partial charge in [0, 0.05) is 16.4 Å². The van der Waals surface area contributed by atoms with Gasteiger partial charge in [0.15, 0.2) is 5.69 Å². The lowest BCUT2D eigenvalue weighted by Gasteiger charge is -2.22. The largest absolute Gasteiger partial charge is 0.351 e. The lowest BCUT2D eigenvalue weighted by molar-refractivity contribution is 0.0947. The number of halogens is 2. The molecule has 22 heavy (non-hydrogen) atoms. The van der Waals surface area contributed by atoms with Gasteiger partial charge in [-0.05, 0) is 56.5 Å². The molecular weight excluding hydrogens is 368 g/mol. The van der Waals surface area contributed by atoms with Crippen LogP contribution in [-0.2, 0) is 0 Å². The molecule has 1 aromatic heterocycles. The average Bonchev–Trinajstić information content (AvgIpc) is 2.91. The van der Waals surface area contributed by atoms with Crippen LogP contribution >= 0.6 is 28.3 Å². The zero-order chi connectivity index (χ0) is 14.7. The maximum Gasteiger partial charge on any atom is 0.272 e. The Morgan fingerprint density at radius 1 is 1.45 bits per heavy atom. The van der Waals surface area contributed by atoms with Gasteiger partial charge in [-0.3, -0.25) is 9.89 Å². The number of fused-ring (bicyclic) bond motifs is 1. The minimum absolute atomic E-state index is 0. The number of benzene rings is 1. The summed E-state index contributed by atoms with van der Waals surface area (Å²) in [5.74, 6) is 0.562. The lowest BCUT2D eigenvalue weighted by atomic mass is 9.96. The number of nitrogens with zero attached hydrogens (tertiary/aromatic N) is 1. The molecule has 0 spiro atoms. The second-order valence-electron chi connectivity index (χ2n) is 5.52. The number of amides is 1. The van der Waals surface area contributed by atoms with Crippen molar-refractivity contribution in [1.82, 2.24) is 20.8 Å². The second-order valence-corrected chi connectivity index (χ2v) is 6.43. The van der Waals surface area contributed by atoms with E-state index in [0.717, 1.165) is 34.9 Å². The number of carbonyl (C=O) groups is 1. The summed E-state index contributed by atoms with van der Waals surface area (Å²) in [6.07, 6.45) is 3.50. The fraction of sp³-hybridized carbons (Fsp3) is 0.467. The summed E-state index contributed by atoms with van der Waals surface area (Å²) in [5.41, 5.74) is 1.34. The SMILES string of the molecule is Cl.O=C(NCCC1CCCNC1)c1n[nH]c2ccc(Br)cc12. The van der Waals surface area contributed by atoms with Crippen LogP contribution in [0.1, 0.15) is 29.8 Å². The van der Waals surface area contributed by atoms with E-state index < -0.39 is 0 Å². The van der Waals surface area contributed by atoms with Crippen molar-refractivity contribution < 1.29 is 4.79 Å². The Balaban J connectivity index is 0.00000176. The van der Waals surface area contributed by atoms with Crippen LogP contribution < -0.4 is 10.6 Å². The molecule has 1 aromatic carbocycles. The van der Waals surface area contributed by atoms with Crippen molar-refractivity contribution in [2.24, 2.45) is 5.92 Å².